The lowest BCUT2D eigenvalue weighted by Gasteiger charge is -2.11. The molecule has 6 heteroatoms. The van der Waals surface area contributed by atoms with Gasteiger partial charge in [0.25, 0.3) is 5.91 Å². The zero-order chi connectivity index (χ0) is 18.5. The van der Waals surface area contributed by atoms with Crippen molar-refractivity contribution in [3.63, 3.8) is 0 Å². The molecule has 0 atom stereocenters. The van der Waals surface area contributed by atoms with E-state index in [9.17, 15) is 9.59 Å². The van der Waals surface area contributed by atoms with Crippen LogP contribution in [-0.4, -0.2) is 16.7 Å². The highest BCUT2D eigenvalue weighted by atomic mass is 32.1. The molecule has 1 amide bonds. The van der Waals surface area contributed by atoms with Crippen LogP contribution in [0.4, 0.5) is 5.69 Å². The van der Waals surface area contributed by atoms with Crippen LogP contribution < -0.4 is 10.1 Å². The lowest BCUT2D eigenvalue weighted by atomic mass is 10.1. The van der Waals surface area contributed by atoms with Crippen molar-refractivity contribution in [1.82, 2.24) is 4.98 Å². The molecule has 3 aromatic rings. The number of carbonyl (C=O) groups is 2. The molecule has 0 fully saturated rings. The van der Waals surface area contributed by atoms with Crippen LogP contribution >= 0.6 is 11.3 Å². The van der Waals surface area contributed by atoms with Gasteiger partial charge in [0.2, 0.25) is 0 Å². The number of carbonyl (C=O) groups excluding carboxylic acids is 2. The van der Waals surface area contributed by atoms with Crippen molar-refractivity contribution in [2.75, 3.05) is 5.32 Å². The zero-order valence-electron chi connectivity index (χ0n) is 14.5. The SMILES string of the molecule is CC(=O)c1ccc(NC(=O)c2ccccc2OCc2csc(C)n2)cc1. The zero-order valence-corrected chi connectivity index (χ0v) is 15.3. The highest BCUT2D eigenvalue weighted by Gasteiger charge is 2.13. The fourth-order valence-electron chi connectivity index (χ4n) is 2.39. The number of hydrogen-bond acceptors (Lipinski definition) is 5. The summed E-state index contributed by atoms with van der Waals surface area (Å²) in [7, 11) is 0. The van der Waals surface area contributed by atoms with E-state index in [1.807, 2.05) is 18.4 Å². The Bertz CT molecular complexity index is 932. The highest BCUT2D eigenvalue weighted by molar-refractivity contribution is 7.09. The Balaban J connectivity index is 1.71. The first-order valence-electron chi connectivity index (χ1n) is 8.08. The number of rotatable bonds is 6. The minimum Gasteiger partial charge on any atom is -0.486 e. The fourth-order valence-corrected chi connectivity index (χ4v) is 2.99. The van der Waals surface area contributed by atoms with E-state index in [0.717, 1.165) is 10.7 Å². The van der Waals surface area contributed by atoms with Crippen LogP contribution in [-0.2, 0) is 6.61 Å². The third-order valence-electron chi connectivity index (χ3n) is 3.72. The first-order valence-corrected chi connectivity index (χ1v) is 8.96. The van der Waals surface area contributed by atoms with Crippen LogP contribution in [0.1, 0.15) is 38.3 Å². The number of ether oxygens (including phenoxy) is 1. The molecule has 0 unspecified atom stereocenters. The number of Topliss-reactive ketones (excluding diaryl/α,β-unsaturated/α-hetero) is 1. The van der Waals surface area contributed by atoms with Crippen LogP contribution in [0.5, 0.6) is 5.75 Å². The van der Waals surface area contributed by atoms with Gasteiger partial charge in [0.1, 0.15) is 12.4 Å². The number of thiazole rings is 1. The van der Waals surface area contributed by atoms with Gasteiger partial charge in [-0.2, -0.15) is 0 Å². The number of hydrogen-bond donors (Lipinski definition) is 1. The molecule has 0 saturated carbocycles. The van der Waals surface area contributed by atoms with Crippen molar-refractivity contribution in [3.8, 4) is 5.75 Å². The molecule has 132 valence electrons. The Morgan fingerprint density at radius 2 is 1.85 bits per heavy atom. The largest absolute Gasteiger partial charge is 0.486 e. The minimum absolute atomic E-state index is 0.0149. The Morgan fingerprint density at radius 1 is 1.12 bits per heavy atom. The Hall–Kier alpha value is -2.99. The smallest absolute Gasteiger partial charge is 0.259 e. The second-order valence-electron chi connectivity index (χ2n) is 5.73. The molecule has 0 saturated heterocycles. The van der Waals surface area contributed by atoms with E-state index in [1.54, 1.807) is 53.8 Å². The summed E-state index contributed by atoms with van der Waals surface area (Å²) in [6.07, 6.45) is 0. The summed E-state index contributed by atoms with van der Waals surface area (Å²) in [5, 5.41) is 5.74. The van der Waals surface area contributed by atoms with Crippen molar-refractivity contribution in [1.29, 1.82) is 0 Å². The first-order chi connectivity index (χ1) is 12.5. The number of aromatic nitrogens is 1. The maximum Gasteiger partial charge on any atom is 0.259 e. The number of benzene rings is 2. The Kier molecular flexibility index (Phi) is 5.43. The molecule has 0 bridgehead atoms. The van der Waals surface area contributed by atoms with E-state index in [4.69, 9.17) is 4.74 Å². The van der Waals surface area contributed by atoms with Gasteiger partial charge in [0, 0.05) is 16.6 Å². The summed E-state index contributed by atoms with van der Waals surface area (Å²) in [5.74, 6) is 0.209. The summed E-state index contributed by atoms with van der Waals surface area (Å²) < 4.78 is 5.78. The maximum absolute atomic E-state index is 12.6. The van der Waals surface area contributed by atoms with Gasteiger partial charge in [-0.15, -0.1) is 11.3 Å². The first kappa shape index (κ1) is 17.8. The van der Waals surface area contributed by atoms with Crippen molar-refractivity contribution < 1.29 is 14.3 Å². The van der Waals surface area contributed by atoms with Gasteiger partial charge in [-0.1, -0.05) is 12.1 Å². The molecular weight excluding hydrogens is 348 g/mol. The summed E-state index contributed by atoms with van der Waals surface area (Å²) in [4.78, 5) is 28.3. The second kappa shape index (κ2) is 7.93. The third kappa shape index (κ3) is 4.34. The molecule has 1 N–H and O–H groups in total. The molecule has 0 aliphatic rings. The molecule has 0 radical (unpaired) electrons. The number of anilines is 1. The van der Waals surface area contributed by atoms with Gasteiger partial charge >= 0.3 is 0 Å². The van der Waals surface area contributed by atoms with Crippen LogP contribution in [0.25, 0.3) is 0 Å². The number of nitrogens with one attached hydrogen (secondary N) is 1. The summed E-state index contributed by atoms with van der Waals surface area (Å²) in [6, 6.07) is 13.9. The molecule has 0 aliphatic carbocycles. The van der Waals surface area contributed by atoms with Crippen molar-refractivity contribution in [2.45, 2.75) is 20.5 Å². The van der Waals surface area contributed by atoms with Crippen molar-refractivity contribution in [2.24, 2.45) is 0 Å². The molecule has 3 rings (SSSR count). The van der Waals surface area contributed by atoms with Gasteiger partial charge in [-0.25, -0.2) is 4.98 Å². The molecule has 5 nitrogen and oxygen atoms in total. The van der Waals surface area contributed by atoms with E-state index in [2.05, 4.69) is 10.3 Å². The van der Waals surface area contributed by atoms with Crippen molar-refractivity contribution >= 4 is 28.7 Å². The lowest BCUT2D eigenvalue weighted by Crippen LogP contribution is -2.13. The van der Waals surface area contributed by atoms with Gasteiger partial charge in [-0.05, 0) is 50.2 Å². The highest BCUT2D eigenvalue weighted by Crippen LogP contribution is 2.21. The number of nitrogens with zero attached hydrogens (tertiary/aromatic N) is 1. The molecule has 1 heterocycles. The molecule has 0 spiro atoms. The van der Waals surface area contributed by atoms with E-state index < -0.39 is 0 Å². The third-order valence-corrected chi connectivity index (χ3v) is 4.55. The predicted octanol–water partition coefficient (Wildman–Crippen LogP) is 4.49. The normalized spacial score (nSPS) is 10.4. The van der Waals surface area contributed by atoms with E-state index in [0.29, 0.717) is 29.2 Å². The standard InChI is InChI=1S/C20H18N2O3S/c1-13(23)15-7-9-16(10-8-15)22-20(24)18-5-3-4-6-19(18)25-11-17-12-26-14(2)21-17/h3-10,12H,11H2,1-2H3,(H,22,24). The monoisotopic (exact) mass is 366 g/mol. The number of amides is 1. The van der Waals surface area contributed by atoms with E-state index in [1.165, 1.54) is 6.92 Å². The molecule has 26 heavy (non-hydrogen) atoms. The minimum atomic E-state index is -0.273. The molecular formula is C20H18N2O3S. The van der Waals surface area contributed by atoms with Crippen LogP contribution in [0, 0.1) is 6.92 Å². The Morgan fingerprint density at radius 3 is 2.50 bits per heavy atom. The number of ketones is 1. The van der Waals surface area contributed by atoms with Crippen LogP contribution in [0.2, 0.25) is 0 Å². The summed E-state index contributed by atoms with van der Waals surface area (Å²) in [6.45, 7) is 3.75. The Labute approximate surface area is 155 Å². The van der Waals surface area contributed by atoms with Crippen LogP contribution in [0.15, 0.2) is 53.9 Å². The van der Waals surface area contributed by atoms with Gasteiger partial charge in [0.05, 0.1) is 16.3 Å². The predicted molar refractivity (Wildman–Crippen MR) is 102 cm³/mol. The quantitative estimate of drug-likeness (QED) is 0.653. The lowest BCUT2D eigenvalue weighted by molar-refractivity contribution is 0.101. The van der Waals surface area contributed by atoms with Gasteiger partial charge in [0.15, 0.2) is 5.78 Å². The van der Waals surface area contributed by atoms with Crippen LogP contribution in [0.3, 0.4) is 0 Å². The van der Waals surface area contributed by atoms with Gasteiger partial charge in [-0.3, -0.25) is 9.59 Å². The number of aryl methyl sites for hydroxylation is 1. The number of para-hydroxylation sites is 1. The van der Waals surface area contributed by atoms with E-state index in [-0.39, 0.29) is 11.7 Å². The molecule has 1 aromatic heterocycles. The van der Waals surface area contributed by atoms with E-state index >= 15 is 0 Å². The molecule has 0 aliphatic heterocycles. The van der Waals surface area contributed by atoms with Crippen molar-refractivity contribution in [3.05, 3.63) is 75.7 Å². The average Bonchev–Trinajstić information content (AvgIpc) is 3.06. The second-order valence-corrected chi connectivity index (χ2v) is 6.79. The topological polar surface area (TPSA) is 68.3 Å². The molecule has 2 aromatic carbocycles. The summed E-state index contributed by atoms with van der Waals surface area (Å²) >= 11 is 1.56. The maximum atomic E-state index is 12.6. The average molecular weight is 366 g/mol. The fraction of sp³-hybridized carbons (Fsp3) is 0.150. The van der Waals surface area contributed by atoms with Gasteiger partial charge < -0.3 is 10.1 Å². The summed E-state index contributed by atoms with van der Waals surface area (Å²) in [5.41, 5.74) is 2.49.